The number of hydrogen-bond donors (Lipinski definition) is 1. The average Bonchev–Trinajstić information content (AvgIpc) is 3.05. The fourth-order valence-electron chi connectivity index (χ4n) is 2.37. The number of hydrogen-bond acceptors (Lipinski definition) is 3. The second kappa shape index (κ2) is 4.72. The fraction of sp³-hybridized carbons (Fsp3) is 0.917. The van der Waals surface area contributed by atoms with Gasteiger partial charge in [-0.25, -0.2) is 0 Å². The summed E-state index contributed by atoms with van der Waals surface area (Å²) in [6, 6.07) is -0.0254. The van der Waals surface area contributed by atoms with Gasteiger partial charge in [-0.1, -0.05) is 0 Å². The Hall–Kier alpha value is -0.610. The smallest absolute Gasteiger partial charge is 0.239 e. The fourth-order valence-corrected chi connectivity index (χ4v) is 2.37. The summed E-state index contributed by atoms with van der Waals surface area (Å²) in [6.07, 6.45) is 3.46. The Labute approximate surface area is 97.3 Å². The quantitative estimate of drug-likeness (QED) is 0.715. The maximum atomic E-state index is 12.1. The van der Waals surface area contributed by atoms with Gasteiger partial charge >= 0.3 is 0 Å². The van der Waals surface area contributed by atoms with E-state index in [2.05, 4.69) is 5.32 Å². The van der Waals surface area contributed by atoms with Crippen molar-refractivity contribution in [1.82, 2.24) is 10.2 Å². The third-order valence-corrected chi connectivity index (χ3v) is 3.73. The third-order valence-electron chi connectivity index (χ3n) is 3.73. The molecule has 2 rings (SSSR count). The van der Waals surface area contributed by atoms with E-state index in [9.17, 15) is 4.79 Å². The summed E-state index contributed by atoms with van der Waals surface area (Å²) in [5, 5.41) is 3.34. The van der Waals surface area contributed by atoms with Gasteiger partial charge in [0.05, 0.1) is 6.04 Å². The van der Waals surface area contributed by atoms with Gasteiger partial charge in [-0.3, -0.25) is 4.79 Å². The van der Waals surface area contributed by atoms with Crippen molar-refractivity contribution in [2.24, 2.45) is 5.41 Å². The molecule has 2 aliphatic rings. The van der Waals surface area contributed by atoms with Gasteiger partial charge in [-0.05, 0) is 26.2 Å². The van der Waals surface area contributed by atoms with E-state index < -0.39 is 0 Å². The molecular formula is C12H22N2O2. The number of nitrogens with zero attached hydrogens (tertiary/aromatic N) is 1. The van der Waals surface area contributed by atoms with Crippen molar-refractivity contribution in [2.75, 3.05) is 33.4 Å². The molecule has 1 saturated carbocycles. The average molecular weight is 226 g/mol. The second-order valence-corrected chi connectivity index (χ2v) is 5.21. The van der Waals surface area contributed by atoms with Crippen molar-refractivity contribution in [3.05, 3.63) is 0 Å². The lowest BCUT2D eigenvalue weighted by Gasteiger charge is -2.24. The first-order valence-corrected chi connectivity index (χ1v) is 6.18. The molecule has 0 bridgehead atoms. The van der Waals surface area contributed by atoms with Crippen LogP contribution in [-0.2, 0) is 9.53 Å². The highest BCUT2D eigenvalue weighted by Gasteiger charge is 2.47. The molecule has 0 aromatic carbocycles. The monoisotopic (exact) mass is 226 g/mol. The molecule has 4 nitrogen and oxygen atoms in total. The molecule has 92 valence electrons. The van der Waals surface area contributed by atoms with Crippen LogP contribution in [0.3, 0.4) is 0 Å². The van der Waals surface area contributed by atoms with Gasteiger partial charge in [0.25, 0.3) is 0 Å². The van der Waals surface area contributed by atoms with Crippen molar-refractivity contribution < 1.29 is 9.53 Å². The Morgan fingerprint density at radius 2 is 2.31 bits per heavy atom. The molecule has 1 N–H and O–H groups in total. The normalized spacial score (nSPS) is 28.2. The van der Waals surface area contributed by atoms with Crippen LogP contribution < -0.4 is 5.32 Å². The molecule has 1 aliphatic heterocycles. The zero-order valence-electron chi connectivity index (χ0n) is 10.3. The highest BCUT2D eigenvalue weighted by Crippen LogP contribution is 2.46. The third kappa shape index (κ3) is 2.55. The Morgan fingerprint density at radius 3 is 2.94 bits per heavy atom. The number of amides is 1. The molecule has 4 heteroatoms. The highest BCUT2D eigenvalue weighted by molar-refractivity contribution is 5.81. The molecule has 16 heavy (non-hydrogen) atoms. The van der Waals surface area contributed by atoms with Gasteiger partial charge in [0.1, 0.15) is 0 Å². The van der Waals surface area contributed by atoms with Crippen molar-refractivity contribution >= 4 is 5.91 Å². The first-order valence-electron chi connectivity index (χ1n) is 6.18. The molecule has 2 fully saturated rings. The predicted molar refractivity (Wildman–Crippen MR) is 62.2 cm³/mol. The Balaban J connectivity index is 1.93. The highest BCUT2D eigenvalue weighted by atomic mass is 16.5. The first kappa shape index (κ1) is 11.9. The standard InChI is InChI=1S/C12H22N2O2/c1-10-11(15)14(6-3-7-16-2)9-12(4-5-12)8-13-10/h10,13H,3-9H2,1-2H3. The molecule has 0 radical (unpaired) electrons. The lowest BCUT2D eigenvalue weighted by atomic mass is 10.1. The zero-order valence-corrected chi connectivity index (χ0v) is 10.3. The van der Waals surface area contributed by atoms with Gasteiger partial charge in [-0.15, -0.1) is 0 Å². The van der Waals surface area contributed by atoms with Gasteiger partial charge < -0.3 is 15.0 Å². The zero-order chi connectivity index (χ0) is 11.6. The van der Waals surface area contributed by atoms with E-state index in [1.54, 1.807) is 7.11 Å². The van der Waals surface area contributed by atoms with Gasteiger partial charge in [-0.2, -0.15) is 0 Å². The van der Waals surface area contributed by atoms with Crippen LogP contribution in [0.5, 0.6) is 0 Å². The summed E-state index contributed by atoms with van der Waals surface area (Å²) in [5.74, 6) is 0.250. The molecule has 0 aromatic heterocycles. The van der Waals surface area contributed by atoms with Crippen molar-refractivity contribution in [3.8, 4) is 0 Å². The SMILES string of the molecule is COCCCN1CC2(CC2)CNC(C)C1=O. The Bertz CT molecular complexity index is 264. The van der Waals surface area contributed by atoms with E-state index in [0.717, 1.165) is 32.7 Å². The van der Waals surface area contributed by atoms with E-state index in [4.69, 9.17) is 4.74 Å². The summed E-state index contributed by atoms with van der Waals surface area (Å²) in [6.45, 7) is 5.47. The van der Waals surface area contributed by atoms with Crippen molar-refractivity contribution in [2.45, 2.75) is 32.2 Å². The van der Waals surface area contributed by atoms with Crippen LogP contribution in [0.1, 0.15) is 26.2 Å². The Morgan fingerprint density at radius 1 is 1.56 bits per heavy atom. The lowest BCUT2D eigenvalue weighted by Crippen LogP contribution is -2.42. The number of rotatable bonds is 4. The van der Waals surface area contributed by atoms with E-state index in [1.165, 1.54) is 12.8 Å². The van der Waals surface area contributed by atoms with Gasteiger partial charge in [0.2, 0.25) is 5.91 Å². The number of nitrogens with one attached hydrogen (secondary N) is 1. The van der Waals surface area contributed by atoms with E-state index in [0.29, 0.717) is 5.41 Å². The molecule has 1 saturated heterocycles. The van der Waals surface area contributed by atoms with Gasteiger partial charge in [0, 0.05) is 38.8 Å². The van der Waals surface area contributed by atoms with E-state index in [-0.39, 0.29) is 11.9 Å². The molecule has 0 aromatic rings. The van der Waals surface area contributed by atoms with Crippen LogP contribution in [0.15, 0.2) is 0 Å². The largest absolute Gasteiger partial charge is 0.385 e. The van der Waals surface area contributed by atoms with Crippen molar-refractivity contribution in [3.63, 3.8) is 0 Å². The second-order valence-electron chi connectivity index (χ2n) is 5.21. The first-order chi connectivity index (χ1) is 7.67. The maximum Gasteiger partial charge on any atom is 0.239 e. The van der Waals surface area contributed by atoms with Crippen LogP contribution in [-0.4, -0.2) is 50.2 Å². The number of carbonyl (C=O) groups excluding carboxylic acids is 1. The summed E-state index contributed by atoms with van der Waals surface area (Å²) in [7, 11) is 1.71. The minimum Gasteiger partial charge on any atom is -0.385 e. The molecule has 1 amide bonds. The van der Waals surface area contributed by atoms with Gasteiger partial charge in [0.15, 0.2) is 0 Å². The van der Waals surface area contributed by atoms with Crippen molar-refractivity contribution in [1.29, 1.82) is 0 Å². The van der Waals surface area contributed by atoms with Crippen LogP contribution in [0.25, 0.3) is 0 Å². The predicted octanol–water partition coefficient (Wildman–Crippen LogP) is 0.623. The van der Waals surface area contributed by atoms with Crippen LogP contribution in [0.2, 0.25) is 0 Å². The molecule has 1 spiro atoms. The van der Waals surface area contributed by atoms with E-state index >= 15 is 0 Å². The topological polar surface area (TPSA) is 41.6 Å². The summed E-state index contributed by atoms with van der Waals surface area (Å²) in [5.41, 5.74) is 0.396. The Kier molecular flexibility index (Phi) is 3.50. The summed E-state index contributed by atoms with van der Waals surface area (Å²) >= 11 is 0. The minimum atomic E-state index is -0.0254. The summed E-state index contributed by atoms with van der Waals surface area (Å²) in [4.78, 5) is 14.1. The number of carbonyl (C=O) groups is 1. The van der Waals surface area contributed by atoms with Crippen LogP contribution in [0, 0.1) is 5.41 Å². The molecular weight excluding hydrogens is 204 g/mol. The lowest BCUT2D eigenvalue weighted by molar-refractivity contribution is -0.132. The van der Waals surface area contributed by atoms with Crippen LogP contribution >= 0.6 is 0 Å². The minimum absolute atomic E-state index is 0.0254. The van der Waals surface area contributed by atoms with Crippen LogP contribution in [0.4, 0.5) is 0 Å². The number of ether oxygens (including phenoxy) is 1. The molecule has 1 aliphatic carbocycles. The maximum absolute atomic E-state index is 12.1. The molecule has 1 unspecified atom stereocenters. The number of methoxy groups -OCH3 is 1. The molecule has 1 heterocycles. The van der Waals surface area contributed by atoms with E-state index in [1.807, 2.05) is 11.8 Å². The summed E-state index contributed by atoms with van der Waals surface area (Å²) < 4.78 is 5.04. The molecule has 1 atom stereocenters.